The SMILES string of the molecule is C=C=CC(=O)Nc1ccc(C)c([N+](=O)[O-])c1. The Hall–Kier alpha value is -2.39. The van der Waals surface area contributed by atoms with Gasteiger partial charge >= 0.3 is 0 Å². The van der Waals surface area contributed by atoms with Gasteiger partial charge in [0.2, 0.25) is 0 Å². The molecule has 1 aromatic carbocycles. The molecule has 82 valence electrons. The minimum Gasteiger partial charge on any atom is -0.322 e. The third-order valence-corrected chi connectivity index (χ3v) is 1.91. The Kier molecular flexibility index (Phi) is 3.58. The van der Waals surface area contributed by atoms with Gasteiger partial charge in [0.05, 0.1) is 4.92 Å². The normalized spacial score (nSPS) is 9.06. The van der Waals surface area contributed by atoms with E-state index in [1.54, 1.807) is 19.1 Å². The monoisotopic (exact) mass is 218 g/mol. The van der Waals surface area contributed by atoms with E-state index in [9.17, 15) is 14.9 Å². The highest BCUT2D eigenvalue weighted by atomic mass is 16.6. The molecule has 0 fully saturated rings. The van der Waals surface area contributed by atoms with Gasteiger partial charge in [-0.05, 0) is 13.0 Å². The van der Waals surface area contributed by atoms with Gasteiger partial charge in [0, 0.05) is 23.4 Å². The lowest BCUT2D eigenvalue weighted by Crippen LogP contribution is -2.07. The molecular formula is C11H10N2O3. The fraction of sp³-hybridized carbons (Fsp3) is 0.0909. The second kappa shape index (κ2) is 4.91. The number of nitrogens with zero attached hydrogens (tertiary/aromatic N) is 1. The van der Waals surface area contributed by atoms with E-state index in [0.29, 0.717) is 11.3 Å². The number of nitro groups is 1. The first-order valence-electron chi connectivity index (χ1n) is 4.46. The lowest BCUT2D eigenvalue weighted by atomic mass is 10.2. The van der Waals surface area contributed by atoms with Crippen LogP contribution in [0.15, 0.2) is 36.6 Å². The average Bonchev–Trinajstić information content (AvgIpc) is 2.21. The summed E-state index contributed by atoms with van der Waals surface area (Å²) in [6, 6.07) is 4.48. The van der Waals surface area contributed by atoms with Crippen molar-refractivity contribution in [3.8, 4) is 0 Å². The molecule has 0 spiro atoms. The zero-order valence-electron chi connectivity index (χ0n) is 8.69. The molecule has 0 aromatic heterocycles. The maximum atomic E-state index is 11.1. The highest BCUT2D eigenvalue weighted by molar-refractivity contribution is 5.99. The van der Waals surface area contributed by atoms with Crippen molar-refractivity contribution in [2.24, 2.45) is 0 Å². The molecule has 5 nitrogen and oxygen atoms in total. The third kappa shape index (κ3) is 2.80. The minimum atomic E-state index is -0.492. The van der Waals surface area contributed by atoms with Crippen LogP contribution < -0.4 is 5.32 Å². The summed E-state index contributed by atoms with van der Waals surface area (Å²) >= 11 is 0. The van der Waals surface area contributed by atoms with Crippen LogP contribution in [-0.2, 0) is 4.79 Å². The number of nitrogens with one attached hydrogen (secondary N) is 1. The maximum Gasteiger partial charge on any atom is 0.274 e. The van der Waals surface area contributed by atoms with Crippen LogP contribution in [0.1, 0.15) is 5.56 Å². The molecule has 0 heterocycles. The minimum absolute atomic E-state index is 0.0274. The Morgan fingerprint density at radius 1 is 1.62 bits per heavy atom. The molecular weight excluding hydrogens is 208 g/mol. The summed E-state index contributed by atoms with van der Waals surface area (Å²) in [4.78, 5) is 21.3. The molecule has 0 bridgehead atoms. The lowest BCUT2D eigenvalue weighted by Gasteiger charge is -2.03. The Morgan fingerprint density at radius 2 is 2.31 bits per heavy atom. The number of carbonyl (C=O) groups excluding carboxylic acids is 1. The van der Waals surface area contributed by atoms with E-state index in [0.717, 1.165) is 6.08 Å². The van der Waals surface area contributed by atoms with Crippen LogP contribution >= 0.6 is 0 Å². The van der Waals surface area contributed by atoms with Gasteiger partial charge in [-0.15, -0.1) is 5.73 Å². The van der Waals surface area contributed by atoms with Crippen molar-refractivity contribution in [3.63, 3.8) is 0 Å². The van der Waals surface area contributed by atoms with Gasteiger partial charge < -0.3 is 5.32 Å². The number of hydrogen-bond donors (Lipinski definition) is 1. The van der Waals surface area contributed by atoms with E-state index >= 15 is 0 Å². The molecule has 0 saturated carbocycles. The predicted molar refractivity (Wildman–Crippen MR) is 60.2 cm³/mol. The number of carbonyl (C=O) groups is 1. The molecule has 0 aliphatic heterocycles. The van der Waals surface area contributed by atoms with E-state index < -0.39 is 10.8 Å². The molecule has 0 atom stereocenters. The molecule has 1 rings (SSSR count). The topological polar surface area (TPSA) is 72.2 Å². The zero-order chi connectivity index (χ0) is 12.1. The summed E-state index contributed by atoms with van der Waals surface area (Å²) in [5.41, 5.74) is 3.20. The molecule has 1 amide bonds. The van der Waals surface area contributed by atoms with Gasteiger partial charge in [0.1, 0.15) is 0 Å². The predicted octanol–water partition coefficient (Wildman–Crippen LogP) is 2.18. The number of anilines is 1. The quantitative estimate of drug-likeness (QED) is 0.366. The Morgan fingerprint density at radius 3 is 2.88 bits per heavy atom. The summed E-state index contributed by atoms with van der Waals surface area (Å²) in [7, 11) is 0. The standard InChI is InChI=1S/C11H10N2O3/c1-3-4-11(14)12-9-6-5-8(2)10(7-9)13(15)16/h4-7H,1H2,2H3,(H,12,14). The van der Waals surface area contributed by atoms with E-state index in [2.05, 4.69) is 17.6 Å². The summed E-state index contributed by atoms with van der Waals surface area (Å²) in [6.07, 6.45) is 1.12. The van der Waals surface area contributed by atoms with Crippen LogP contribution in [0.5, 0.6) is 0 Å². The number of aryl methyl sites for hydroxylation is 1. The Balaban J connectivity index is 2.99. The van der Waals surface area contributed by atoms with Gasteiger partial charge in [-0.3, -0.25) is 14.9 Å². The van der Waals surface area contributed by atoms with Gasteiger partial charge in [-0.2, -0.15) is 0 Å². The van der Waals surface area contributed by atoms with E-state index in [1.165, 1.54) is 6.07 Å². The number of benzene rings is 1. The van der Waals surface area contributed by atoms with Crippen molar-refractivity contribution in [3.05, 3.63) is 52.3 Å². The maximum absolute atomic E-state index is 11.1. The highest BCUT2D eigenvalue weighted by Crippen LogP contribution is 2.22. The molecule has 16 heavy (non-hydrogen) atoms. The molecule has 0 saturated heterocycles. The van der Waals surface area contributed by atoms with E-state index in [-0.39, 0.29) is 5.69 Å². The summed E-state index contributed by atoms with van der Waals surface area (Å²) in [6.45, 7) is 4.88. The largest absolute Gasteiger partial charge is 0.322 e. The van der Waals surface area contributed by atoms with Gasteiger partial charge in [0.15, 0.2) is 0 Å². The number of hydrogen-bond acceptors (Lipinski definition) is 3. The molecule has 0 unspecified atom stereocenters. The Bertz CT molecular complexity index is 488. The fourth-order valence-electron chi connectivity index (χ4n) is 1.15. The number of amides is 1. The van der Waals surface area contributed by atoms with Crippen molar-refractivity contribution in [1.29, 1.82) is 0 Å². The fourth-order valence-corrected chi connectivity index (χ4v) is 1.15. The average molecular weight is 218 g/mol. The van der Waals surface area contributed by atoms with Crippen molar-refractivity contribution >= 4 is 17.3 Å². The number of nitro benzene ring substituents is 1. The zero-order valence-corrected chi connectivity index (χ0v) is 8.69. The van der Waals surface area contributed by atoms with Crippen LogP contribution in [0.3, 0.4) is 0 Å². The molecule has 0 radical (unpaired) electrons. The van der Waals surface area contributed by atoms with Gasteiger partial charge in [-0.25, -0.2) is 0 Å². The summed E-state index contributed by atoms with van der Waals surface area (Å²) < 4.78 is 0. The molecule has 1 aromatic rings. The first kappa shape index (κ1) is 11.7. The molecule has 0 aliphatic carbocycles. The van der Waals surface area contributed by atoms with Crippen LogP contribution in [0.2, 0.25) is 0 Å². The second-order valence-corrected chi connectivity index (χ2v) is 3.10. The smallest absolute Gasteiger partial charge is 0.274 e. The summed E-state index contributed by atoms with van der Waals surface area (Å²) in [5.74, 6) is -0.423. The summed E-state index contributed by atoms with van der Waals surface area (Å²) in [5, 5.41) is 13.1. The lowest BCUT2D eigenvalue weighted by molar-refractivity contribution is -0.385. The molecule has 5 heteroatoms. The first-order valence-corrected chi connectivity index (χ1v) is 4.46. The molecule has 1 N–H and O–H groups in total. The second-order valence-electron chi connectivity index (χ2n) is 3.10. The Labute approximate surface area is 92.2 Å². The van der Waals surface area contributed by atoms with Crippen molar-refractivity contribution < 1.29 is 9.72 Å². The van der Waals surface area contributed by atoms with Gasteiger partial charge in [-0.1, -0.05) is 12.6 Å². The van der Waals surface area contributed by atoms with Crippen molar-refractivity contribution in [2.45, 2.75) is 6.92 Å². The first-order chi connectivity index (χ1) is 7.54. The molecule has 0 aliphatic rings. The van der Waals surface area contributed by atoms with Crippen LogP contribution in [0, 0.1) is 17.0 Å². The van der Waals surface area contributed by atoms with E-state index in [4.69, 9.17) is 0 Å². The van der Waals surface area contributed by atoms with Gasteiger partial charge in [0.25, 0.3) is 11.6 Å². The van der Waals surface area contributed by atoms with Crippen molar-refractivity contribution in [1.82, 2.24) is 0 Å². The van der Waals surface area contributed by atoms with Crippen LogP contribution in [0.4, 0.5) is 11.4 Å². The van der Waals surface area contributed by atoms with Crippen LogP contribution in [0.25, 0.3) is 0 Å². The van der Waals surface area contributed by atoms with Crippen LogP contribution in [-0.4, -0.2) is 10.8 Å². The highest BCUT2D eigenvalue weighted by Gasteiger charge is 2.11. The third-order valence-electron chi connectivity index (χ3n) is 1.91. The number of rotatable bonds is 3. The van der Waals surface area contributed by atoms with E-state index in [1.807, 2.05) is 0 Å². The van der Waals surface area contributed by atoms with Crippen molar-refractivity contribution in [2.75, 3.05) is 5.32 Å².